The van der Waals surface area contributed by atoms with E-state index in [9.17, 15) is 9.59 Å². The van der Waals surface area contributed by atoms with Gasteiger partial charge in [-0.1, -0.05) is 19.3 Å². The zero-order valence-corrected chi connectivity index (χ0v) is 12.1. The second-order valence-electron chi connectivity index (χ2n) is 5.33. The lowest BCUT2D eigenvalue weighted by Gasteiger charge is -2.04. The van der Waals surface area contributed by atoms with Gasteiger partial charge < -0.3 is 14.6 Å². The van der Waals surface area contributed by atoms with E-state index in [4.69, 9.17) is 14.6 Å². The third-order valence-corrected chi connectivity index (χ3v) is 3.36. The van der Waals surface area contributed by atoms with Crippen LogP contribution in [0.4, 0.5) is 0 Å². The van der Waals surface area contributed by atoms with Crippen molar-refractivity contribution in [1.82, 2.24) is 0 Å². The van der Waals surface area contributed by atoms with Crippen molar-refractivity contribution in [2.45, 2.75) is 70.3 Å². The Morgan fingerprint density at radius 1 is 1.00 bits per heavy atom. The van der Waals surface area contributed by atoms with E-state index in [2.05, 4.69) is 0 Å². The number of epoxide rings is 1. The number of carboxylic acid groups (broad SMARTS) is 1. The first-order valence-electron chi connectivity index (χ1n) is 7.67. The molecule has 1 unspecified atom stereocenters. The molecule has 20 heavy (non-hydrogen) atoms. The molecular formula is C15H26O5. The molecule has 0 aliphatic carbocycles. The lowest BCUT2D eigenvalue weighted by molar-refractivity contribution is -0.144. The number of carbonyl (C=O) groups is 2. The molecule has 0 saturated carbocycles. The SMILES string of the molecule is O=C(O)CCCCCCCC(=O)OCCCCC1CO1. The van der Waals surface area contributed by atoms with Crippen LogP contribution < -0.4 is 0 Å². The van der Waals surface area contributed by atoms with Gasteiger partial charge in [0, 0.05) is 12.8 Å². The Bertz CT molecular complexity index is 286. The third kappa shape index (κ3) is 10.8. The van der Waals surface area contributed by atoms with Crippen molar-refractivity contribution in [2.75, 3.05) is 13.2 Å². The summed E-state index contributed by atoms with van der Waals surface area (Å²) in [6.07, 6.45) is 8.67. The van der Waals surface area contributed by atoms with Crippen molar-refractivity contribution in [3.05, 3.63) is 0 Å². The van der Waals surface area contributed by atoms with Crippen molar-refractivity contribution in [3.63, 3.8) is 0 Å². The average Bonchev–Trinajstić information content (AvgIpc) is 3.21. The van der Waals surface area contributed by atoms with Crippen LogP contribution in [0.15, 0.2) is 0 Å². The highest BCUT2D eigenvalue weighted by atomic mass is 16.6. The average molecular weight is 286 g/mol. The van der Waals surface area contributed by atoms with Gasteiger partial charge in [-0.2, -0.15) is 0 Å². The fourth-order valence-corrected chi connectivity index (χ4v) is 2.04. The molecule has 5 nitrogen and oxygen atoms in total. The molecule has 0 bridgehead atoms. The van der Waals surface area contributed by atoms with Crippen molar-refractivity contribution >= 4 is 11.9 Å². The molecule has 0 aromatic rings. The van der Waals surface area contributed by atoms with Gasteiger partial charge in [0.05, 0.1) is 19.3 Å². The number of unbranched alkanes of at least 4 members (excludes halogenated alkanes) is 5. The van der Waals surface area contributed by atoms with E-state index in [0.717, 1.165) is 58.0 Å². The molecule has 0 spiro atoms. The van der Waals surface area contributed by atoms with Gasteiger partial charge in [-0.25, -0.2) is 0 Å². The Labute approximate surface area is 120 Å². The summed E-state index contributed by atoms with van der Waals surface area (Å²) in [6, 6.07) is 0. The molecule has 1 rings (SSSR count). The summed E-state index contributed by atoms with van der Waals surface area (Å²) in [5, 5.41) is 8.48. The summed E-state index contributed by atoms with van der Waals surface area (Å²) < 4.78 is 10.2. The minimum absolute atomic E-state index is 0.113. The number of esters is 1. The standard InChI is InChI=1S/C15H26O5/c16-14(17)9-4-2-1-3-5-10-15(18)19-11-7-6-8-13-12-20-13/h13H,1-12H2,(H,16,17). The predicted octanol–water partition coefficient (Wildman–Crippen LogP) is 2.91. The van der Waals surface area contributed by atoms with Gasteiger partial charge >= 0.3 is 11.9 Å². The minimum atomic E-state index is -0.734. The van der Waals surface area contributed by atoms with Crippen LogP contribution >= 0.6 is 0 Å². The summed E-state index contributed by atoms with van der Waals surface area (Å²) in [4.78, 5) is 21.7. The molecule has 0 aromatic heterocycles. The fraction of sp³-hybridized carbons (Fsp3) is 0.867. The number of hydrogen-bond donors (Lipinski definition) is 1. The van der Waals surface area contributed by atoms with E-state index in [1.807, 2.05) is 0 Å². The van der Waals surface area contributed by atoms with E-state index in [0.29, 0.717) is 19.1 Å². The van der Waals surface area contributed by atoms with Gasteiger partial charge in [0.15, 0.2) is 0 Å². The Morgan fingerprint density at radius 3 is 2.30 bits per heavy atom. The number of rotatable bonds is 13. The van der Waals surface area contributed by atoms with E-state index in [-0.39, 0.29) is 12.4 Å². The Morgan fingerprint density at radius 2 is 1.65 bits per heavy atom. The maximum absolute atomic E-state index is 11.4. The maximum Gasteiger partial charge on any atom is 0.305 e. The number of ether oxygens (including phenoxy) is 2. The molecule has 116 valence electrons. The van der Waals surface area contributed by atoms with E-state index < -0.39 is 5.97 Å². The number of aliphatic carboxylic acids is 1. The van der Waals surface area contributed by atoms with Crippen molar-refractivity contribution in [1.29, 1.82) is 0 Å². The number of carbonyl (C=O) groups excluding carboxylic acids is 1. The predicted molar refractivity (Wildman–Crippen MR) is 74.5 cm³/mol. The Kier molecular flexibility index (Phi) is 9.04. The van der Waals surface area contributed by atoms with Crippen LogP contribution in [0.2, 0.25) is 0 Å². The van der Waals surface area contributed by atoms with Crippen LogP contribution in [0.25, 0.3) is 0 Å². The quantitative estimate of drug-likeness (QED) is 0.320. The molecule has 0 amide bonds. The maximum atomic E-state index is 11.4. The fourth-order valence-electron chi connectivity index (χ4n) is 2.04. The molecule has 1 N–H and O–H groups in total. The van der Waals surface area contributed by atoms with Crippen LogP contribution in [0, 0.1) is 0 Å². The largest absolute Gasteiger partial charge is 0.481 e. The van der Waals surface area contributed by atoms with E-state index in [1.54, 1.807) is 0 Å². The molecule has 0 radical (unpaired) electrons. The highest BCUT2D eigenvalue weighted by molar-refractivity contribution is 5.69. The van der Waals surface area contributed by atoms with Gasteiger partial charge in [0.25, 0.3) is 0 Å². The highest BCUT2D eigenvalue weighted by Crippen LogP contribution is 2.16. The van der Waals surface area contributed by atoms with Gasteiger partial charge in [-0.05, 0) is 32.1 Å². The van der Waals surface area contributed by atoms with Crippen LogP contribution in [0.3, 0.4) is 0 Å². The topological polar surface area (TPSA) is 76.1 Å². The normalized spacial score (nSPS) is 16.9. The molecule has 1 heterocycles. The summed E-state index contributed by atoms with van der Waals surface area (Å²) >= 11 is 0. The van der Waals surface area contributed by atoms with Gasteiger partial charge in [0.1, 0.15) is 0 Å². The smallest absolute Gasteiger partial charge is 0.305 e. The molecule has 5 heteroatoms. The molecule has 1 fully saturated rings. The van der Waals surface area contributed by atoms with Crippen molar-refractivity contribution in [2.24, 2.45) is 0 Å². The first kappa shape index (κ1) is 17.0. The summed E-state index contributed by atoms with van der Waals surface area (Å²) in [7, 11) is 0. The molecule has 1 aliphatic rings. The lowest BCUT2D eigenvalue weighted by atomic mass is 10.1. The lowest BCUT2D eigenvalue weighted by Crippen LogP contribution is -2.05. The summed E-state index contributed by atoms with van der Waals surface area (Å²) in [5.74, 6) is -0.847. The van der Waals surface area contributed by atoms with Gasteiger partial charge in [-0.3, -0.25) is 9.59 Å². The van der Waals surface area contributed by atoms with Crippen LogP contribution in [0.5, 0.6) is 0 Å². The van der Waals surface area contributed by atoms with E-state index >= 15 is 0 Å². The van der Waals surface area contributed by atoms with E-state index in [1.165, 1.54) is 0 Å². The monoisotopic (exact) mass is 286 g/mol. The second kappa shape index (κ2) is 10.7. The summed E-state index contributed by atoms with van der Waals surface area (Å²) in [5.41, 5.74) is 0. The van der Waals surface area contributed by atoms with Crippen molar-refractivity contribution < 1.29 is 24.2 Å². The highest BCUT2D eigenvalue weighted by Gasteiger charge is 2.20. The summed E-state index contributed by atoms with van der Waals surface area (Å²) in [6.45, 7) is 1.41. The molecular weight excluding hydrogens is 260 g/mol. The molecule has 0 aromatic carbocycles. The first-order chi connectivity index (χ1) is 9.68. The second-order valence-corrected chi connectivity index (χ2v) is 5.33. The van der Waals surface area contributed by atoms with Crippen LogP contribution in [-0.2, 0) is 19.1 Å². The Balaban J connectivity index is 1.76. The van der Waals surface area contributed by atoms with Crippen molar-refractivity contribution in [3.8, 4) is 0 Å². The first-order valence-corrected chi connectivity index (χ1v) is 7.67. The Hall–Kier alpha value is -1.10. The van der Waals surface area contributed by atoms with Gasteiger partial charge in [-0.15, -0.1) is 0 Å². The number of hydrogen-bond acceptors (Lipinski definition) is 4. The molecule has 1 saturated heterocycles. The zero-order valence-electron chi connectivity index (χ0n) is 12.1. The minimum Gasteiger partial charge on any atom is -0.481 e. The molecule has 1 atom stereocenters. The number of carboxylic acids is 1. The zero-order chi connectivity index (χ0) is 14.6. The van der Waals surface area contributed by atoms with Crippen LogP contribution in [0.1, 0.15) is 64.2 Å². The van der Waals surface area contributed by atoms with Crippen LogP contribution in [-0.4, -0.2) is 36.4 Å². The molecule has 1 aliphatic heterocycles. The third-order valence-electron chi connectivity index (χ3n) is 3.36. The van der Waals surface area contributed by atoms with Gasteiger partial charge in [0.2, 0.25) is 0 Å².